The van der Waals surface area contributed by atoms with E-state index in [1.54, 1.807) is 22.2 Å². The van der Waals surface area contributed by atoms with Gasteiger partial charge in [-0.15, -0.1) is 0 Å². The number of rotatable bonds is 9. The number of aryl methyl sites for hydroxylation is 1. The van der Waals surface area contributed by atoms with E-state index in [4.69, 9.17) is 14.5 Å². The number of hydrogen-bond acceptors (Lipinski definition) is 8. The minimum absolute atomic E-state index is 0.109. The molecule has 2 aromatic heterocycles. The smallest absolute Gasteiger partial charge is 0.407 e. The Morgan fingerprint density at radius 3 is 1.97 bits per heavy atom. The van der Waals surface area contributed by atoms with Crippen LogP contribution in [0.25, 0.3) is 33.6 Å². The molecule has 8 rings (SSSR count). The van der Waals surface area contributed by atoms with Crippen molar-refractivity contribution < 1.29 is 28.7 Å². The van der Waals surface area contributed by atoms with Crippen molar-refractivity contribution in [1.29, 1.82) is 0 Å². The molecule has 5 heterocycles. The van der Waals surface area contributed by atoms with Crippen LogP contribution < -0.4 is 15.5 Å². The number of nitrogens with one attached hydrogen (secondary N) is 4. The molecule has 300 valence electrons. The van der Waals surface area contributed by atoms with Crippen LogP contribution in [0.15, 0.2) is 77.5 Å². The Hall–Kier alpha value is -5.96. The fourth-order valence-electron chi connectivity index (χ4n) is 8.42. The van der Waals surface area contributed by atoms with E-state index in [1.165, 1.54) is 14.2 Å². The van der Waals surface area contributed by atoms with Crippen molar-refractivity contribution in [2.75, 3.05) is 25.7 Å². The summed E-state index contributed by atoms with van der Waals surface area (Å²) < 4.78 is 10.5. The van der Waals surface area contributed by atoms with Gasteiger partial charge in [0.15, 0.2) is 0 Å². The number of benzene rings is 3. The molecule has 0 saturated carbocycles. The highest BCUT2D eigenvalue weighted by Crippen LogP contribution is 2.46. The lowest BCUT2D eigenvalue weighted by Crippen LogP contribution is -2.51. The van der Waals surface area contributed by atoms with Gasteiger partial charge < -0.3 is 35.0 Å². The number of imidazole rings is 2. The number of alkyl carbamates (subject to hydrolysis) is 2. The SMILES string of the molecule is COC(=O)N[C@H]1CCc2cc(Br)cc3c2N(C1=O)[C@H](c1ncc(-c2ccc(-c4ccc(-c5cnc([C@@H]6CCCN6C(=O)[C@@H](NC(=O)OC)C(C)C)[nH]5)cc4)cc2)[nH]1)C3. The van der Waals surface area contributed by atoms with Crippen molar-refractivity contribution in [2.45, 2.75) is 70.1 Å². The predicted molar refractivity (Wildman–Crippen MR) is 221 cm³/mol. The van der Waals surface area contributed by atoms with Gasteiger partial charge in [0.1, 0.15) is 23.7 Å². The van der Waals surface area contributed by atoms with Gasteiger partial charge in [-0.1, -0.05) is 78.3 Å². The Labute approximate surface area is 344 Å². The number of hydrogen-bond donors (Lipinski definition) is 4. The number of H-pyrrole nitrogens is 2. The molecule has 15 heteroatoms. The van der Waals surface area contributed by atoms with Gasteiger partial charge in [0.2, 0.25) is 11.8 Å². The first-order valence-corrected chi connectivity index (χ1v) is 20.3. The van der Waals surface area contributed by atoms with E-state index < -0.39 is 24.3 Å². The number of halogens is 1. The van der Waals surface area contributed by atoms with Crippen molar-refractivity contribution in [3.8, 4) is 33.6 Å². The van der Waals surface area contributed by atoms with Crippen LogP contribution in [-0.4, -0.2) is 81.7 Å². The third-order valence-corrected chi connectivity index (χ3v) is 11.8. The van der Waals surface area contributed by atoms with Gasteiger partial charge in [-0.3, -0.25) is 14.5 Å². The molecule has 0 spiro atoms. The number of ether oxygens (including phenoxy) is 2. The molecule has 4 atom stereocenters. The first-order chi connectivity index (χ1) is 28.0. The number of aromatic amines is 2. The summed E-state index contributed by atoms with van der Waals surface area (Å²) in [7, 11) is 2.58. The third kappa shape index (κ3) is 7.46. The second-order valence-electron chi connectivity index (χ2n) is 15.3. The van der Waals surface area contributed by atoms with E-state index in [-0.39, 0.29) is 29.8 Å². The number of carbonyl (C=O) groups excluding carboxylic acids is 4. The van der Waals surface area contributed by atoms with Crippen LogP contribution in [0.1, 0.15) is 68.0 Å². The molecular formula is C43H45BrN8O6. The molecule has 0 unspecified atom stereocenters. The van der Waals surface area contributed by atoms with E-state index in [0.717, 1.165) is 73.6 Å². The van der Waals surface area contributed by atoms with E-state index in [2.05, 4.69) is 71.8 Å². The number of aromatic nitrogens is 4. The highest BCUT2D eigenvalue weighted by atomic mass is 79.9. The highest BCUT2D eigenvalue weighted by molar-refractivity contribution is 9.10. The molecule has 5 aromatic rings. The number of amides is 4. The van der Waals surface area contributed by atoms with Gasteiger partial charge in [0.05, 0.1) is 55.8 Å². The fourth-order valence-corrected chi connectivity index (χ4v) is 8.97. The molecule has 3 aromatic carbocycles. The Kier molecular flexibility index (Phi) is 10.8. The maximum atomic E-state index is 14.0. The number of methoxy groups -OCH3 is 2. The molecular weight excluding hydrogens is 804 g/mol. The first-order valence-electron chi connectivity index (χ1n) is 19.5. The third-order valence-electron chi connectivity index (χ3n) is 11.4. The molecule has 4 N–H and O–H groups in total. The van der Waals surface area contributed by atoms with Gasteiger partial charge in [0, 0.05) is 17.4 Å². The van der Waals surface area contributed by atoms with Crippen molar-refractivity contribution in [3.05, 3.63) is 100 Å². The summed E-state index contributed by atoms with van der Waals surface area (Å²) in [6.07, 6.45) is 5.64. The van der Waals surface area contributed by atoms with Crippen molar-refractivity contribution >= 4 is 45.6 Å². The second kappa shape index (κ2) is 16.1. The van der Waals surface area contributed by atoms with Crippen molar-refractivity contribution in [3.63, 3.8) is 0 Å². The molecule has 14 nitrogen and oxygen atoms in total. The van der Waals surface area contributed by atoms with Crippen molar-refractivity contribution in [2.24, 2.45) is 5.92 Å². The lowest BCUT2D eigenvalue weighted by molar-refractivity contribution is -0.135. The monoisotopic (exact) mass is 848 g/mol. The summed E-state index contributed by atoms with van der Waals surface area (Å²) in [5, 5.41) is 5.43. The molecule has 1 saturated heterocycles. The van der Waals surface area contributed by atoms with E-state index in [9.17, 15) is 19.2 Å². The number of anilines is 1. The average molecular weight is 850 g/mol. The van der Waals surface area contributed by atoms with Gasteiger partial charge in [-0.2, -0.15) is 0 Å². The Balaban J connectivity index is 0.957. The van der Waals surface area contributed by atoms with Crippen molar-refractivity contribution in [1.82, 2.24) is 35.5 Å². The number of carbonyl (C=O) groups is 4. The predicted octanol–water partition coefficient (Wildman–Crippen LogP) is 7.24. The normalized spacial score (nSPS) is 19.1. The Bertz CT molecular complexity index is 2360. The molecule has 0 aliphatic carbocycles. The topological polar surface area (TPSA) is 175 Å². The molecule has 0 bridgehead atoms. The number of nitrogens with zero attached hydrogens (tertiary/aromatic N) is 4. The molecule has 1 fully saturated rings. The second-order valence-corrected chi connectivity index (χ2v) is 16.2. The van der Waals surface area contributed by atoms with Gasteiger partial charge >= 0.3 is 12.2 Å². The minimum Gasteiger partial charge on any atom is -0.453 e. The van der Waals surface area contributed by atoms with E-state index in [1.807, 2.05) is 44.2 Å². The van der Waals surface area contributed by atoms with E-state index in [0.29, 0.717) is 31.6 Å². The maximum Gasteiger partial charge on any atom is 0.407 e. The Morgan fingerprint density at radius 1 is 0.810 bits per heavy atom. The van der Waals surface area contributed by atoms with Crippen LogP contribution in [0.2, 0.25) is 0 Å². The zero-order valence-electron chi connectivity index (χ0n) is 32.7. The average Bonchev–Trinajstić information content (AvgIpc) is 4.06. The summed E-state index contributed by atoms with van der Waals surface area (Å²) in [5.74, 6) is 0.951. The van der Waals surface area contributed by atoms with Gasteiger partial charge in [0.25, 0.3) is 0 Å². The maximum absolute atomic E-state index is 14.0. The molecule has 0 radical (unpaired) electrons. The molecule has 3 aliphatic heterocycles. The van der Waals surface area contributed by atoms with Gasteiger partial charge in [-0.25, -0.2) is 19.6 Å². The summed E-state index contributed by atoms with van der Waals surface area (Å²) in [4.78, 5) is 71.6. The van der Waals surface area contributed by atoms with Crippen LogP contribution in [0.5, 0.6) is 0 Å². The summed E-state index contributed by atoms with van der Waals surface area (Å²) in [6, 6.07) is 18.6. The fraction of sp³-hybridized carbons (Fsp3) is 0.349. The zero-order valence-corrected chi connectivity index (χ0v) is 34.3. The lowest BCUT2D eigenvalue weighted by Gasteiger charge is -2.30. The minimum atomic E-state index is -0.720. The van der Waals surface area contributed by atoms with Crippen LogP contribution in [0.4, 0.5) is 15.3 Å². The van der Waals surface area contributed by atoms with E-state index >= 15 is 0 Å². The highest BCUT2D eigenvalue weighted by Gasteiger charge is 2.43. The van der Waals surface area contributed by atoms with Gasteiger partial charge in [-0.05, 0) is 77.1 Å². The lowest BCUT2D eigenvalue weighted by atomic mass is 10.0. The molecule has 58 heavy (non-hydrogen) atoms. The summed E-state index contributed by atoms with van der Waals surface area (Å²) >= 11 is 3.64. The van der Waals surface area contributed by atoms with Crippen LogP contribution >= 0.6 is 15.9 Å². The van der Waals surface area contributed by atoms with Crippen LogP contribution in [0, 0.1) is 5.92 Å². The largest absolute Gasteiger partial charge is 0.453 e. The first kappa shape index (κ1) is 38.9. The standard InChI is InChI=1S/C43H45BrN8O6/c1-23(2)36(50-43(56)58-4)41(54)51-17-5-6-34(51)38-45-21-32(47-38)26-11-7-24(8-12-26)25-9-13-27(14-10-25)33-22-46-39(48-33)35-20-29-19-30(44)18-28-15-16-31(49-42(55)57-3)40(53)52(35)37(28)29/h7-14,18-19,21-23,31,34-36H,5-6,15-17,20H2,1-4H3,(H,45,47)(H,46,48)(H,49,55)(H,50,56)/t31-,34-,35-,36-/m0/s1. The molecule has 4 amide bonds. The summed E-state index contributed by atoms with van der Waals surface area (Å²) in [6.45, 7) is 4.39. The Morgan fingerprint density at radius 2 is 1.38 bits per heavy atom. The summed E-state index contributed by atoms with van der Waals surface area (Å²) in [5.41, 5.74) is 8.70. The van der Waals surface area contributed by atoms with Crippen LogP contribution in [-0.2, 0) is 31.9 Å². The molecule has 3 aliphatic rings. The van der Waals surface area contributed by atoms with Crippen LogP contribution in [0.3, 0.4) is 0 Å². The quantitative estimate of drug-likeness (QED) is 0.120. The number of likely N-dealkylation sites (tertiary alicyclic amines) is 1. The zero-order chi connectivity index (χ0) is 40.7.